The van der Waals surface area contributed by atoms with Crippen LogP contribution in [0.1, 0.15) is 36.5 Å². The third-order valence-electron chi connectivity index (χ3n) is 3.90. The largest absolute Gasteiger partial charge is 0.483 e. The van der Waals surface area contributed by atoms with E-state index in [2.05, 4.69) is 19.2 Å². The van der Waals surface area contributed by atoms with Crippen LogP contribution in [0.3, 0.4) is 0 Å². The van der Waals surface area contributed by atoms with Crippen molar-refractivity contribution >= 4 is 11.9 Å². The van der Waals surface area contributed by atoms with E-state index in [0.717, 1.165) is 22.4 Å². The van der Waals surface area contributed by atoms with Crippen molar-refractivity contribution in [2.45, 2.75) is 33.2 Å². The number of rotatable bonds is 9. The number of aryl methyl sites for hydroxylation is 1. The molecule has 0 aromatic heterocycles. The number of hydrogen-bond donors (Lipinski definition) is 2. The highest BCUT2D eigenvalue weighted by molar-refractivity contribution is 5.77. The molecule has 0 atom stereocenters. The third kappa shape index (κ3) is 6.66. The number of nitrogens with one attached hydrogen (secondary N) is 1. The summed E-state index contributed by atoms with van der Waals surface area (Å²) in [6, 6.07) is 12.9. The van der Waals surface area contributed by atoms with E-state index in [-0.39, 0.29) is 12.5 Å². The zero-order chi connectivity index (χ0) is 19.8. The van der Waals surface area contributed by atoms with Crippen molar-refractivity contribution in [2.75, 3.05) is 13.2 Å². The Bertz CT molecular complexity index is 801. The predicted molar refractivity (Wildman–Crippen MR) is 102 cm³/mol. The second-order valence-corrected chi connectivity index (χ2v) is 6.59. The highest BCUT2D eigenvalue weighted by Gasteiger charge is 2.10. The lowest BCUT2D eigenvalue weighted by Crippen LogP contribution is -2.28. The van der Waals surface area contributed by atoms with E-state index in [1.807, 2.05) is 31.2 Å². The third-order valence-corrected chi connectivity index (χ3v) is 3.90. The van der Waals surface area contributed by atoms with Gasteiger partial charge in [0.1, 0.15) is 11.5 Å². The summed E-state index contributed by atoms with van der Waals surface area (Å²) in [5.41, 5.74) is 2.95. The fourth-order valence-electron chi connectivity index (χ4n) is 2.53. The van der Waals surface area contributed by atoms with Gasteiger partial charge < -0.3 is 19.9 Å². The van der Waals surface area contributed by atoms with Crippen LogP contribution in [0.25, 0.3) is 0 Å². The van der Waals surface area contributed by atoms with Crippen molar-refractivity contribution in [3.8, 4) is 11.5 Å². The summed E-state index contributed by atoms with van der Waals surface area (Å²) < 4.78 is 10.8. The number of carboxylic acid groups (broad SMARTS) is 1. The van der Waals surface area contributed by atoms with Crippen molar-refractivity contribution in [3.05, 3.63) is 59.2 Å². The summed E-state index contributed by atoms with van der Waals surface area (Å²) in [4.78, 5) is 22.7. The Morgan fingerprint density at radius 3 is 2.56 bits per heavy atom. The van der Waals surface area contributed by atoms with Crippen LogP contribution < -0.4 is 14.8 Å². The van der Waals surface area contributed by atoms with Gasteiger partial charge in [-0.25, -0.2) is 4.79 Å². The van der Waals surface area contributed by atoms with E-state index in [1.165, 1.54) is 0 Å². The van der Waals surface area contributed by atoms with Crippen molar-refractivity contribution in [1.82, 2.24) is 5.32 Å². The highest BCUT2D eigenvalue weighted by atomic mass is 16.5. The Kier molecular flexibility index (Phi) is 7.23. The molecular weight excluding hydrogens is 346 g/mol. The number of benzene rings is 2. The Labute approximate surface area is 159 Å². The first-order valence-electron chi connectivity index (χ1n) is 8.78. The molecule has 1 amide bonds. The van der Waals surface area contributed by atoms with Crippen LogP contribution in [0.5, 0.6) is 11.5 Å². The molecule has 0 fully saturated rings. The molecule has 27 heavy (non-hydrogen) atoms. The minimum absolute atomic E-state index is 0.0711. The van der Waals surface area contributed by atoms with Gasteiger partial charge in [-0.15, -0.1) is 0 Å². The summed E-state index contributed by atoms with van der Waals surface area (Å²) in [6.07, 6.45) is 0. The number of amides is 1. The summed E-state index contributed by atoms with van der Waals surface area (Å²) >= 11 is 0. The number of carboxylic acids is 1. The standard InChI is InChI=1S/C21H25NO5/c1-14(2)18-8-7-15(3)9-19(18)27-12-20(23)22-11-16-5-4-6-17(10-16)26-13-21(24)25/h4-10,14H,11-13H2,1-3H3,(H,22,23)(H,24,25). The minimum atomic E-state index is -1.04. The first-order valence-corrected chi connectivity index (χ1v) is 8.78. The van der Waals surface area contributed by atoms with Crippen LogP contribution in [0.15, 0.2) is 42.5 Å². The van der Waals surface area contributed by atoms with Gasteiger partial charge in [0.25, 0.3) is 5.91 Å². The van der Waals surface area contributed by atoms with Gasteiger partial charge in [-0.05, 0) is 47.7 Å². The molecule has 0 saturated heterocycles. The monoisotopic (exact) mass is 371 g/mol. The highest BCUT2D eigenvalue weighted by Crippen LogP contribution is 2.27. The number of aliphatic carboxylic acids is 1. The van der Waals surface area contributed by atoms with Gasteiger partial charge in [-0.2, -0.15) is 0 Å². The van der Waals surface area contributed by atoms with Crippen LogP contribution in [-0.4, -0.2) is 30.2 Å². The van der Waals surface area contributed by atoms with Crippen molar-refractivity contribution in [3.63, 3.8) is 0 Å². The molecule has 0 aliphatic rings. The van der Waals surface area contributed by atoms with Crippen molar-refractivity contribution in [1.29, 1.82) is 0 Å². The van der Waals surface area contributed by atoms with E-state index in [4.69, 9.17) is 14.6 Å². The Morgan fingerprint density at radius 2 is 1.85 bits per heavy atom. The molecule has 2 N–H and O–H groups in total. The molecule has 0 aliphatic heterocycles. The van der Waals surface area contributed by atoms with Gasteiger partial charge in [0.15, 0.2) is 13.2 Å². The molecule has 6 nitrogen and oxygen atoms in total. The quantitative estimate of drug-likeness (QED) is 0.707. The van der Waals surface area contributed by atoms with Crippen LogP contribution in [-0.2, 0) is 16.1 Å². The summed E-state index contributed by atoms with van der Waals surface area (Å²) in [7, 11) is 0. The van der Waals surface area contributed by atoms with Crippen molar-refractivity contribution in [2.24, 2.45) is 0 Å². The molecule has 0 spiro atoms. The van der Waals surface area contributed by atoms with Crippen LogP contribution in [0.4, 0.5) is 0 Å². The van der Waals surface area contributed by atoms with Gasteiger partial charge in [0.05, 0.1) is 0 Å². The Balaban J connectivity index is 1.87. The van der Waals surface area contributed by atoms with E-state index in [9.17, 15) is 9.59 Å². The number of ether oxygens (including phenoxy) is 2. The Morgan fingerprint density at radius 1 is 1.07 bits per heavy atom. The smallest absolute Gasteiger partial charge is 0.341 e. The Hall–Kier alpha value is -3.02. The van der Waals surface area contributed by atoms with Gasteiger partial charge >= 0.3 is 5.97 Å². The zero-order valence-corrected chi connectivity index (χ0v) is 15.8. The second-order valence-electron chi connectivity index (χ2n) is 6.59. The first kappa shape index (κ1) is 20.3. The molecule has 2 aromatic carbocycles. The van der Waals surface area contributed by atoms with Gasteiger partial charge in [-0.1, -0.05) is 38.1 Å². The molecule has 2 rings (SSSR count). The summed E-state index contributed by atoms with van der Waals surface area (Å²) in [5.74, 6) is 0.203. The topological polar surface area (TPSA) is 84.9 Å². The van der Waals surface area contributed by atoms with Crippen molar-refractivity contribution < 1.29 is 24.2 Å². The number of carbonyl (C=O) groups excluding carboxylic acids is 1. The second kappa shape index (κ2) is 9.62. The lowest BCUT2D eigenvalue weighted by atomic mass is 10.0. The van der Waals surface area contributed by atoms with Gasteiger partial charge in [0.2, 0.25) is 0 Å². The van der Waals surface area contributed by atoms with E-state index in [0.29, 0.717) is 18.2 Å². The van der Waals surface area contributed by atoms with Gasteiger partial charge in [-0.3, -0.25) is 4.79 Å². The number of carbonyl (C=O) groups is 2. The molecule has 144 valence electrons. The summed E-state index contributed by atoms with van der Waals surface area (Å²) in [5, 5.41) is 11.4. The molecule has 0 radical (unpaired) electrons. The first-order chi connectivity index (χ1) is 12.8. The maximum Gasteiger partial charge on any atom is 0.341 e. The predicted octanol–water partition coefficient (Wildman–Crippen LogP) is 3.28. The summed E-state index contributed by atoms with van der Waals surface area (Å²) in [6.45, 7) is 5.97. The van der Waals surface area contributed by atoms with E-state index < -0.39 is 12.6 Å². The maximum absolute atomic E-state index is 12.1. The molecule has 0 bridgehead atoms. The maximum atomic E-state index is 12.1. The lowest BCUT2D eigenvalue weighted by Gasteiger charge is -2.15. The molecule has 0 aliphatic carbocycles. The molecule has 6 heteroatoms. The average Bonchev–Trinajstić information content (AvgIpc) is 2.63. The fraction of sp³-hybridized carbons (Fsp3) is 0.333. The van der Waals surface area contributed by atoms with Crippen LogP contribution >= 0.6 is 0 Å². The molecular formula is C21H25NO5. The van der Waals surface area contributed by atoms with E-state index in [1.54, 1.807) is 18.2 Å². The normalized spacial score (nSPS) is 10.5. The van der Waals surface area contributed by atoms with Crippen LogP contribution in [0.2, 0.25) is 0 Å². The fourth-order valence-corrected chi connectivity index (χ4v) is 2.53. The molecule has 2 aromatic rings. The molecule has 0 saturated carbocycles. The SMILES string of the molecule is Cc1ccc(C(C)C)c(OCC(=O)NCc2cccc(OCC(=O)O)c2)c1. The van der Waals surface area contributed by atoms with E-state index >= 15 is 0 Å². The number of hydrogen-bond acceptors (Lipinski definition) is 4. The van der Waals surface area contributed by atoms with Gasteiger partial charge in [0, 0.05) is 6.54 Å². The molecule has 0 unspecified atom stereocenters. The minimum Gasteiger partial charge on any atom is -0.483 e. The zero-order valence-electron chi connectivity index (χ0n) is 15.8. The lowest BCUT2D eigenvalue weighted by molar-refractivity contribution is -0.139. The molecule has 0 heterocycles. The average molecular weight is 371 g/mol. The van der Waals surface area contributed by atoms with Crippen LogP contribution in [0, 0.1) is 6.92 Å².